The van der Waals surface area contributed by atoms with Crippen LogP contribution >= 0.6 is 12.6 Å². The van der Waals surface area contributed by atoms with Gasteiger partial charge in [0.15, 0.2) is 0 Å². The lowest BCUT2D eigenvalue weighted by molar-refractivity contribution is -0.135. The zero-order valence-electron chi connectivity index (χ0n) is 20.4. The summed E-state index contributed by atoms with van der Waals surface area (Å²) in [5.41, 5.74) is 8.98. The highest BCUT2D eigenvalue weighted by Gasteiger charge is 2.28. The molecular formula is C28H27B2NO5S. The molecule has 1 atom stereocenters. The number of methoxy groups -OCH3 is 1. The lowest BCUT2D eigenvalue weighted by Crippen LogP contribution is -2.49. The third-order valence-electron chi connectivity index (χ3n) is 5.88. The number of ether oxygens (including phenoxy) is 2. The summed E-state index contributed by atoms with van der Waals surface area (Å²) in [5, 5.41) is 10.6. The van der Waals surface area contributed by atoms with E-state index in [0.717, 1.165) is 21.9 Å². The third kappa shape index (κ3) is 6.77. The highest BCUT2D eigenvalue weighted by atomic mass is 32.1. The van der Waals surface area contributed by atoms with Gasteiger partial charge >= 0.3 is 19.8 Å². The van der Waals surface area contributed by atoms with Gasteiger partial charge in [-0.15, -0.1) is 0 Å². The van der Waals surface area contributed by atoms with Gasteiger partial charge in [-0.05, 0) is 58.2 Å². The summed E-state index contributed by atoms with van der Waals surface area (Å²) in [7, 11) is 1.59. The van der Waals surface area contributed by atoms with Gasteiger partial charge in [-0.25, -0.2) is 0 Å². The molecule has 0 aliphatic rings. The van der Waals surface area contributed by atoms with Gasteiger partial charge in [0.1, 0.15) is 23.3 Å². The number of hydrogen-bond acceptors (Lipinski definition) is 7. The second-order valence-corrected chi connectivity index (χ2v) is 8.80. The highest BCUT2D eigenvalue weighted by Crippen LogP contribution is 2.19. The summed E-state index contributed by atoms with van der Waals surface area (Å²) in [6.45, 7) is -1.36. The summed E-state index contributed by atoms with van der Waals surface area (Å²) in [4.78, 5) is 12.5. The molecule has 0 saturated heterocycles. The Labute approximate surface area is 223 Å². The molecule has 4 aromatic carbocycles. The maximum absolute atomic E-state index is 12.5. The van der Waals surface area contributed by atoms with Gasteiger partial charge in [-0.1, -0.05) is 66.7 Å². The van der Waals surface area contributed by atoms with Gasteiger partial charge in [0.05, 0.1) is 7.11 Å². The van der Waals surface area contributed by atoms with E-state index < -0.39 is 25.8 Å². The van der Waals surface area contributed by atoms with Crippen molar-refractivity contribution in [2.45, 2.75) is 6.04 Å². The van der Waals surface area contributed by atoms with E-state index in [2.05, 4.69) is 12.6 Å². The standard InChI is InChI=1S/C28H27B2NO5S/c1-34-24-13-9-22(10-14-24)30(36-28(32)27(31)19-37)23-11-17-26(18-12-23)35-25-15-7-21(8-16-25)29(33)20-5-3-2-4-6-20/h2-18,27,33,37H,19,31H2,1H3. The molecule has 0 saturated carbocycles. The second kappa shape index (κ2) is 12.5. The fourth-order valence-corrected chi connectivity index (χ4v) is 3.93. The first-order chi connectivity index (χ1) is 18.0. The van der Waals surface area contributed by atoms with E-state index in [-0.39, 0.29) is 5.75 Å². The molecule has 4 aromatic rings. The molecule has 0 fully saturated rings. The molecule has 0 aromatic heterocycles. The Balaban J connectivity index is 1.49. The monoisotopic (exact) mass is 511 g/mol. The molecule has 9 heteroatoms. The minimum atomic E-state index is -0.824. The van der Waals surface area contributed by atoms with Gasteiger partial charge < -0.3 is 24.9 Å². The van der Waals surface area contributed by atoms with Gasteiger partial charge in [0, 0.05) is 5.75 Å². The van der Waals surface area contributed by atoms with E-state index in [4.69, 9.17) is 19.9 Å². The maximum Gasteiger partial charge on any atom is 0.429 e. The van der Waals surface area contributed by atoms with Crippen LogP contribution in [-0.4, -0.2) is 43.7 Å². The van der Waals surface area contributed by atoms with Crippen LogP contribution < -0.4 is 37.1 Å². The van der Waals surface area contributed by atoms with Crippen molar-refractivity contribution in [3.8, 4) is 17.2 Å². The van der Waals surface area contributed by atoms with Crippen LogP contribution in [0.4, 0.5) is 0 Å². The summed E-state index contributed by atoms with van der Waals surface area (Å²) >= 11 is 4.10. The topological polar surface area (TPSA) is 91.0 Å². The summed E-state index contributed by atoms with van der Waals surface area (Å²) in [6, 6.07) is 30.6. The van der Waals surface area contributed by atoms with Gasteiger partial charge in [-0.2, -0.15) is 12.6 Å². The molecule has 186 valence electrons. The van der Waals surface area contributed by atoms with E-state index in [1.807, 2.05) is 103 Å². The van der Waals surface area contributed by atoms with E-state index in [9.17, 15) is 9.82 Å². The molecule has 37 heavy (non-hydrogen) atoms. The molecule has 3 N–H and O–H groups in total. The second-order valence-electron chi connectivity index (χ2n) is 8.43. The van der Waals surface area contributed by atoms with Crippen LogP contribution in [0.5, 0.6) is 17.2 Å². The lowest BCUT2D eigenvalue weighted by atomic mass is 9.55. The fourth-order valence-electron chi connectivity index (χ4n) is 3.78. The summed E-state index contributed by atoms with van der Waals surface area (Å²) in [5.74, 6) is 1.60. The molecule has 0 heterocycles. The van der Waals surface area contributed by atoms with E-state index in [1.165, 1.54) is 0 Å². The quantitative estimate of drug-likeness (QED) is 0.221. The van der Waals surface area contributed by atoms with Crippen LogP contribution in [-0.2, 0) is 9.45 Å². The number of carbonyl (C=O) groups excluding carboxylic acids is 1. The number of benzene rings is 4. The lowest BCUT2D eigenvalue weighted by Gasteiger charge is -2.18. The predicted octanol–water partition coefficient (Wildman–Crippen LogP) is 1.49. The Morgan fingerprint density at radius 3 is 1.73 bits per heavy atom. The van der Waals surface area contributed by atoms with Crippen molar-refractivity contribution in [3.05, 3.63) is 103 Å². The van der Waals surface area contributed by atoms with Gasteiger partial charge in [0.25, 0.3) is 0 Å². The van der Waals surface area contributed by atoms with Crippen LogP contribution in [0.25, 0.3) is 0 Å². The zero-order chi connectivity index (χ0) is 26.2. The van der Waals surface area contributed by atoms with Crippen molar-refractivity contribution >= 4 is 54.3 Å². The van der Waals surface area contributed by atoms with Crippen molar-refractivity contribution in [2.24, 2.45) is 5.73 Å². The molecule has 0 aliphatic carbocycles. The number of carbonyl (C=O) groups is 1. The smallest absolute Gasteiger partial charge is 0.429 e. The summed E-state index contributed by atoms with van der Waals surface area (Å²) in [6.07, 6.45) is 0. The average molecular weight is 511 g/mol. The Kier molecular flexibility index (Phi) is 8.95. The van der Waals surface area contributed by atoms with Crippen molar-refractivity contribution < 1.29 is 23.9 Å². The number of hydrogen-bond donors (Lipinski definition) is 3. The van der Waals surface area contributed by atoms with Gasteiger partial charge in [-0.3, -0.25) is 4.79 Å². The van der Waals surface area contributed by atoms with Crippen LogP contribution in [0.15, 0.2) is 103 Å². The molecular weight excluding hydrogens is 484 g/mol. The number of thiol groups is 1. The first-order valence-electron chi connectivity index (χ1n) is 11.8. The normalized spacial score (nSPS) is 11.4. The van der Waals surface area contributed by atoms with Crippen molar-refractivity contribution in [1.82, 2.24) is 0 Å². The first kappa shape index (κ1) is 26.4. The molecule has 0 radical (unpaired) electrons. The largest absolute Gasteiger partial charge is 0.525 e. The number of nitrogens with two attached hydrogens (primary N) is 1. The summed E-state index contributed by atoms with van der Waals surface area (Å²) < 4.78 is 17.0. The third-order valence-corrected chi connectivity index (χ3v) is 6.28. The molecule has 0 spiro atoms. The predicted molar refractivity (Wildman–Crippen MR) is 153 cm³/mol. The molecule has 0 amide bonds. The Morgan fingerprint density at radius 2 is 1.24 bits per heavy atom. The highest BCUT2D eigenvalue weighted by molar-refractivity contribution is 7.80. The molecule has 0 bridgehead atoms. The van der Waals surface area contributed by atoms with Crippen molar-refractivity contribution in [3.63, 3.8) is 0 Å². The van der Waals surface area contributed by atoms with Crippen LogP contribution in [0.3, 0.4) is 0 Å². The molecule has 6 nitrogen and oxygen atoms in total. The fraction of sp³-hybridized carbons (Fsp3) is 0.107. The van der Waals surface area contributed by atoms with Crippen molar-refractivity contribution in [2.75, 3.05) is 12.9 Å². The Morgan fingerprint density at radius 1 is 0.784 bits per heavy atom. The Hall–Kier alpha value is -3.65. The minimum Gasteiger partial charge on any atom is -0.525 e. The molecule has 0 aliphatic heterocycles. The number of rotatable bonds is 10. The van der Waals surface area contributed by atoms with Crippen LogP contribution in [0, 0.1) is 0 Å². The van der Waals surface area contributed by atoms with Gasteiger partial charge in [0.2, 0.25) is 0 Å². The SMILES string of the molecule is COc1ccc(B(OC(=O)C(N)CS)c2ccc(Oc3ccc(B(O)c4ccccc4)cc3)cc2)cc1. The zero-order valence-corrected chi connectivity index (χ0v) is 21.3. The molecule has 1 unspecified atom stereocenters. The molecule has 4 rings (SSSR count). The van der Waals surface area contributed by atoms with E-state index in [1.54, 1.807) is 7.11 Å². The van der Waals surface area contributed by atoms with Crippen molar-refractivity contribution in [1.29, 1.82) is 0 Å². The van der Waals surface area contributed by atoms with Crippen LogP contribution in [0.2, 0.25) is 0 Å². The Bertz CT molecular complexity index is 1290. The maximum atomic E-state index is 12.5. The van der Waals surface area contributed by atoms with E-state index in [0.29, 0.717) is 17.2 Å². The first-order valence-corrected chi connectivity index (χ1v) is 12.4. The average Bonchev–Trinajstić information content (AvgIpc) is 2.96. The van der Waals surface area contributed by atoms with Crippen LogP contribution in [0.1, 0.15) is 0 Å². The van der Waals surface area contributed by atoms with E-state index >= 15 is 0 Å². The minimum absolute atomic E-state index is 0.183.